The van der Waals surface area contributed by atoms with Crippen LogP contribution in [-0.2, 0) is 9.53 Å². The van der Waals surface area contributed by atoms with E-state index in [0.717, 1.165) is 5.56 Å². The lowest BCUT2D eigenvalue weighted by atomic mass is 9.99. The van der Waals surface area contributed by atoms with E-state index in [-0.39, 0.29) is 19.1 Å². The van der Waals surface area contributed by atoms with Crippen LogP contribution in [0.3, 0.4) is 0 Å². The standard InChI is InChI=1S/C11H16N4O4/c1-7(8-4-12-13-5-8)14-10(18)15-11(9(16)17)2-3-19-6-11/h4-5,7H,2-3,6H2,1H3,(H,12,13)(H,16,17)(H2,14,15,18). The number of carbonyl (C=O) groups is 2. The first kappa shape index (κ1) is 13.3. The molecule has 1 aliphatic rings. The Balaban J connectivity index is 1.95. The van der Waals surface area contributed by atoms with Gasteiger partial charge in [-0.05, 0) is 6.92 Å². The second kappa shape index (κ2) is 5.27. The second-order valence-electron chi connectivity index (χ2n) is 4.54. The highest BCUT2D eigenvalue weighted by atomic mass is 16.5. The lowest BCUT2D eigenvalue weighted by molar-refractivity contribution is -0.144. The zero-order valence-corrected chi connectivity index (χ0v) is 10.5. The van der Waals surface area contributed by atoms with Crippen molar-refractivity contribution < 1.29 is 19.4 Å². The van der Waals surface area contributed by atoms with Crippen LogP contribution in [0.4, 0.5) is 4.79 Å². The highest BCUT2D eigenvalue weighted by Crippen LogP contribution is 2.19. The summed E-state index contributed by atoms with van der Waals surface area (Å²) in [5, 5.41) is 20.8. The lowest BCUT2D eigenvalue weighted by Crippen LogP contribution is -2.57. The number of H-pyrrole nitrogens is 1. The number of carbonyl (C=O) groups excluding carboxylic acids is 1. The number of hydrogen-bond donors (Lipinski definition) is 4. The molecule has 1 aromatic heterocycles. The Morgan fingerprint density at radius 1 is 1.63 bits per heavy atom. The third-order valence-corrected chi connectivity index (χ3v) is 3.15. The van der Waals surface area contributed by atoms with E-state index < -0.39 is 17.5 Å². The smallest absolute Gasteiger partial charge is 0.332 e. The van der Waals surface area contributed by atoms with Gasteiger partial charge in [0.05, 0.1) is 18.8 Å². The first-order valence-corrected chi connectivity index (χ1v) is 5.92. The van der Waals surface area contributed by atoms with Crippen molar-refractivity contribution in [3.05, 3.63) is 18.0 Å². The van der Waals surface area contributed by atoms with Gasteiger partial charge in [0.2, 0.25) is 0 Å². The number of nitrogens with one attached hydrogen (secondary N) is 3. The van der Waals surface area contributed by atoms with Gasteiger partial charge in [-0.25, -0.2) is 9.59 Å². The number of aliphatic carboxylic acids is 1. The van der Waals surface area contributed by atoms with Crippen molar-refractivity contribution in [2.24, 2.45) is 0 Å². The van der Waals surface area contributed by atoms with E-state index in [9.17, 15) is 14.7 Å². The minimum atomic E-state index is -1.33. The van der Waals surface area contributed by atoms with Crippen molar-refractivity contribution in [3.8, 4) is 0 Å². The third-order valence-electron chi connectivity index (χ3n) is 3.15. The van der Waals surface area contributed by atoms with Gasteiger partial charge in [0.1, 0.15) is 0 Å². The van der Waals surface area contributed by atoms with Gasteiger partial charge in [0.25, 0.3) is 0 Å². The Morgan fingerprint density at radius 3 is 2.95 bits per heavy atom. The zero-order valence-electron chi connectivity index (χ0n) is 10.5. The molecule has 0 aromatic carbocycles. The number of amides is 2. The largest absolute Gasteiger partial charge is 0.479 e. The topological polar surface area (TPSA) is 116 Å². The van der Waals surface area contributed by atoms with Crippen LogP contribution < -0.4 is 10.6 Å². The van der Waals surface area contributed by atoms with Crippen LogP contribution in [-0.4, -0.2) is 46.1 Å². The van der Waals surface area contributed by atoms with Crippen LogP contribution in [0.5, 0.6) is 0 Å². The summed E-state index contributed by atoms with van der Waals surface area (Å²) in [6, 6.07) is -0.812. The molecule has 0 saturated carbocycles. The predicted molar refractivity (Wildman–Crippen MR) is 64.5 cm³/mol. The first-order chi connectivity index (χ1) is 9.03. The summed E-state index contributed by atoms with van der Waals surface area (Å²) < 4.78 is 5.06. The predicted octanol–water partition coefficient (Wildman–Crippen LogP) is 0.0136. The fourth-order valence-corrected chi connectivity index (χ4v) is 1.92. The molecule has 1 aromatic rings. The number of rotatable bonds is 4. The van der Waals surface area contributed by atoms with Crippen molar-refractivity contribution in [1.82, 2.24) is 20.8 Å². The highest BCUT2D eigenvalue weighted by Gasteiger charge is 2.44. The fourth-order valence-electron chi connectivity index (χ4n) is 1.92. The highest BCUT2D eigenvalue weighted by molar-refractivity contribution is 5.86. The number of carboxylic acid groups (broad SMARTS) is 1. The molecule has 2 unspecified atom stereocenters. The number of carboxylic acids is 1. The van der Waals surface area contributed by atoms with Gasteiger partial charge in [-0.3, -0.25) is 5.10 Å². The summed E-state index contributed by atoms with van der Waals surface area (Å²) in [5.74, 6) is -1.09. The van der Waals surface area contributed by atoms with Gasteiger partial charge in [-0.15, -0.1) is 0 Å². The van der Waals surface area contributed by atoms with Crippen molar-refractivity contribution in [1.29, 1.82) is 0 Å². The van der Waals surface area contributed by atoms with Crippen molar-refractivity contribution in [2.75, 3.05) is 13.2 Å². The van der Waals surface area contributed by atoms with E-state index in [1.807, 2.05) is 0 Å². The first-order valence-electron chi connectivity index (χ1n) is 5.92. The van der Waals surface area contributed by atoms with E-state index in [1.54, 1.807) is 19.3 Å². The maximum Gasteiger partial charge on any atom is 0.332 e. The molecule has 19 heavy (non-hydrogen) atoms. The maximum atomic E-state index is 11.8. The summed E-state index contributed by atoms with van der Waals surface area (Å²) in [4.78, 5) is 23.1. The molecule has 0 radical (unpaired) electrons. The van der Waals surface area contributed by atoms with Crippen LogP contribution in [0.1, 0.15) is 24.9 Å². The minimum Gasteiger partial charge on any atom is -0.479 e. The van der Waals surface area contributed by atoms with Crippen LogP contribution in [0, 0.1) is 0 Å². The molecular weight excluding hydrogens is 252 g/mol. The molecule has 0 spiro atoms. The van der Waals surface area contributed by atoms with E-state index in [4.69, 9.17) is 4.74 Å². The van der Waals surface area contributed by atoms with E-state index in [0.29, 0.717) is 6.61 Å². The lowest BCUT2D eigenvalue weighted by Gasteiger charge is -2.25. The molecular formula is C11H16N4O4. The summed E-state index contributed by atoms with van der Waals surface area (Å²) in [6.07, 6.45) is 3.52. The molecule has 8 heteroatoms. The van der Waals surface area contributed by atoms with Gasteiger partial charge < -0.3 is 20.5 Å². The summed E-state index contributed by atoms with van der Waals surface area (Å²) >= 11 is 0. The Kier molecular flexibility index (Phi) is 3.70. The number of aromatic amines is 1. The second-order valence-corrected chi connectivity index (χ2v) is 4.54. The molecule has 2 atom stereocenters. The normalized spacial score (nSPS) is 23.8. The average Bonchev–Trinajstić information content (AvgIpc) is 2.99. The molecule has 2 rings (SSSR count). The number of aromatic nitrogens is 2. The van der Waals surface area contributed by atoms with Gasteiger partial charge in [0.15, 0.2) is 5.54 Å². The average molecular weight is 268 g/mol. The van der Waals surface area contributed by atoms with E-state index >= 15 is 0 Å². The van der Waals surface area contributed by atoms with Crippen LogP contribution in [0.15, 0.2) is 12.4 Å². The van der Waals surface area contributed by atoms with Crippen LogP contribution in [0.2, 0.25) is 0 Å². The molecule has 1 aliphatic heterocycles. The van der Waals surface area contributed by atoms with Crippen molar-refractivity contribution in [3.63, 3.8) is 0 Å². The molecule has 4 N–H and O–H groups in total. The molecule has 8 nitrogen and oxygen atoms in total. The Labute approximate surface area is 109 Å². The molecule has 2 amide bonds. The molecule has 0 aliphatic carbocycles. The fraction of sp³-hybridized carbons (Fsp3) is 0.545. The third kappa shape index (κ3) is 2.84. The van der Waals surface area contributed by atoms with Crippen molar-refractivity contribution >= 4 is 12.0 Å². The molecule has 1 fully saturated rings. The Hall–Kier alpha value is -2.09. The molecule has 2 heterocycles. The minimum absolute atomic E-state index is 0.0180. The van der Waals surface area contributed by atoms with Crippen LogP contribution >= 0.6 is 0 Å². The van der Waals surface area contributed by atoms with Crippen LogP contribution in [0.25, 0.3) is 0 Å². The zero-order chi connectivity index (χ0) is 13.9. The quantitative estimate of drug-likeness (QED) is 0.614. The molecule has 104 valence electrons. The summed E-state index contributed by atoms with van der Waals surface area (Å²) in [7, 11) is 0. The number of ether oxygens (including phenoxy) is 1. The maximum absolute atomic E-state index is 11.8. The SMILES string of the molecule is CC(NC(=O)NC1(C(=O)O)CCOC1)c1cn[nH]c1. The molecule has 1 saturated heterocycles. The summed E-state index contributed by atoms with van der Waals surface area (Å²) in [6.45, 7) is 2.09. The van der Waals surface area contributed by atoms with Crippen molar-refractivity contribution in [2.45, 2.75) is 24.9 Å². The molecule has 0 bridgehead atoms. The Morgan fingerprint density at radius 2 is 2.42 bits per heavy atom. The summed E-state index contributed by atoms with van der Waals surface area (Å²) in [5.41, 5.74) is -0.526. The van der Waals surface area contributed by atoms with Gasteiger partial charge in [0, 0.05) is 24.8 Å². The van der Waals surface area contributed by atoms with Gasteiger partial charge in [-0.1, -0.05) is 0 Å². The number of hydrogen-bond acceptors (Lipinski definition) is 4. The Bertz CT molecular complexity index is 453. The number of nitrogens with zero attached hydrogens (tertiary/aromatic N) is 1. The van der Waals surface area contributed by atoms with Gasteiger partial charge in [-0.2, -0.15) is 5.10 Å². The van der Waals surface area contributed by atoms with Gasteiger partial charge >= 0.3 is 12.0 Å². The number of urea groups is 1. The monoisotopic (exact) mass is 268 g/mol. The van der Waals surface area contributed by atoms with E-state index in [1.165, 1.54) is 0 Å². The van der Waals surface area contributed by atoms with E-state index in [2.05, 4.69) is 20.8 Å².